The Morgan fingerprint density at radius 2 is 2.20 bits per heavy atom. The predicted octanol–water partition coefficient (Wildman–Crippen LogP) is 3.15. The highest BCUT2D eigenvalue weighted by Crippen LogP contribution is 2.27. The van der Waals surface area contributed by atoms with E-state index in [0.717, 1.165) is 30.7 Å². The van der Waals surface area contributed by atoms with E-state index in [1.807, 2.05) is 19.1 Å². The van der Waals surface area contributed by atoms with Crippen molar-refractivity contribution < 1.29 is 14.3 Å². The van der Waals surface area contributed by atoms with Gasteiger partial charge in [-0.05, 0) is 51.3 Å². The lowest BCUT2D eigenvalue weighted by Crippen LogP contribution is -2.40. The van der Waals surface area contributed by atoms with Gasteiger partial charge in [0.1, 0.15) is 0 Å². The van der Waals surface area contributed by atoms with E-state index in [1.54, 1.807) is 6.07 Å². The van der Waals surface area contributed by atoms with Gasteiger partial charge in [0.25, 0.3) is 0 Å². The van der Waals surface area contributed by atoms with E-state index in [0.29, 0.717) is 11.6 Å². The lowest BCUT2D eigenvalue weighted by Gasteiger charge is -2.36. The summed E-state index contributed by atoms with van der Waals surface area (Å²) in [6.45, 7) is 7.02. The van der Waals surface area contributed by atoms with Crippen LogP contribution in [0.1, 0.15) is 42.6 Å². The van der Waals surface area contributed by atoms with Crippen LogP contribution in [0.15, 0.2) is 18.2 Å². The van der Waals surface area contributed by atoms with Gasteiger partial charge in [0.2, 0.25) is 0 Å². The number of carbonyl (C=O) groups excluding carboxylic acids is 1. The molecule has 110 valence electrons. The zero-order chi connectivity index (χ0) is 14.8. The fourth-order valence-corrected chi connectivity index (χ4v) is 2.60. The Labute approximate surface area is 120 Å². The molecule has 1 N–H and O–H groups in total. The molecular weight excluding hydrogens is 254 g/mol. The third-order valence-corrected chi connectivity index (χ3v) is 3.72. The number of aryl methyl sites for hydroxylation is 1. The third-order valence-electron chi connectivity index (χ3n) is 3.72. The zero-order valence-electron chi connectivity index (χ0n) is 12.7. The molecule has 0 bridgehead atoms. The van der Waals surface area contributed by atoms with Gasteiger partial charge in [-0.25, -0.2) is 4.79 Å². The molecule has 1 aromatic carbocycles. The van der Waals surface area contributed by atoms with Crippen LogP contribution in [0, 0.1) is 6.92 Å². The molecule has 1 saturated heterocycles. The Morgan fingerprint density at radius 3 is 2.85 bits per heavy atom. The Kier molecular flexibility index (Phi) is 4.33. The summed E-state index contributed by atoms with van der Waals surface area (Å²) in [4.78, 5) is 11.6. The van der Waals surface area contributed by atoms with Gasteiger partial charge < -0.3 is 14.8 Å². The fraction of sp³-hybridized carbons (Fsp3) is 0.562. The Bertz CT molecular complexity index is 496. The molecule has 1 atom stereocenters. The average molecular weight is 277 g/mol. The Morgan fingerprint density at radius 1 is 1.45 bits per heavy atom. The summed E-state index contributed by atoms with van der Waals surface area (Å²) in [5.74, 6) is -0.305. The van der Waals surface area contributed by atoms with Crippen molar-refractivity contribution in [2.45, 2.75) is 45.3 Å². The van der Waals surface area contributed by atoms with Gasteiger partial charge in [-0.3, -0.25) is 0 Å². The minimum atomic E-state index is -0.305. The molecule has 0 radical (unpaired) electrons. The maximum Gasteiger partial charge on any atom is 0.337 e. The monoisotopic (exact) mass is 277 g/mol. The van der Waals surface area contributed by atoms with Crippen molar-refractivity contribution in [3.05, 3.63) is 29.3 Å². The zero-order valence-corrected chi connectivity index (χ0v) is 12.7. The summed E-state index contributed by atoms with van der Waals surface area (Å²) in [6, 6.07) is 5.97. The molecule has 2 rings (SSSR count). The van der Waals surface area contributed by atoms with E-state index in [9.17, 15) is 4.79 Å². The van der Waals surface area contributed by atoms with Crippen molar-refractivity contribution in [1.82, 2.24) is 0 Å². The normalized spacial score (nSPS) is 21.3. The fourth-order valence-electron chi connectivity index (χ4n) is 2.60. The third kappa shape index (κ3) is 3.51. The molecule has 4 heteroatoms. The number of carbonyl (C=O) groups is 1. The number of esters is 1. The highest BCUT2D eigenvalue weighted by molar-refractivity contribution is 5.90. The van der Waals surface area contributed by atoms with Gasteiger partial charge in [-0.2, -0.15) is 0 Å². The van der Waals surface area contributed by atoms with Crippen LogP contribution in [0.25, 0.3) is 0 Å². The second kappa shape index (κ2) is 5.83. The highest BCUT2D eigenvalue weighted by Gasteiger charge is 2.28. The SMILES string of the molecule is COC(=O)c1ccc(C)c(NC2CCOC(C)(C)C2)c1. The van der Waals surface area contributed by atoms with E-state index in [1.165, 1.54) is 7.11 Å². The molecular formula is C16H23NO3. The smallest absolute Gasteiger partial charge is 0.337 e. The number of methoxy groups -OCH3 is 1. The van der Waals surface area contributed by atoms with Crippen molar-refractivity contribution in [2.24, 2.45) is 0 Å². The molecule has 0 aliphatic carbocycles. The van der Waals surface area contributed by atoms with Gasteiger partial charge in [-0.1, -0.05) is 6.07 Å². The number of hydrogen-bond donors (Lipinski definition) is 1. The van der Waals surface area contributed by atoms with Crippen molar-refractivity contribution >= 4 is 11.7 Å². The van der Waals surface area contributed by atoms with Crippen LogP contribution in [-0.2, 0) is 9.47 Å². The molecule has 1 aliphatic rings. The van der Waals surface area contributed by atoms with Crippen LogP contribution < -0.4 is 5.32 Å². The highest BCUT2D eigenvalue weighted by atomic mass is 16.5. The minimum absolute atomic E-state index is 0.0935. The standard InChI is InChI=1S/C16H23NO3/c1-11-5-6-12(15(18)19-4)9-14(11)17-13-7-8-20-16(2,3)10-13/h5-6,9,13,17H,7-8,10H2,1-4H3. The summed E-state index contributed by atoms with van der Waals surface area (Å²) in [5, 5.41) is 3.54. The molecule has 0 saturated carbocycles. The van der Waals surface area contributed by atoms with Gasteiger partial charge in [0.05, 0.1) is 18.3 Å². The van der Waals surface area contributed by atoms with Crippen LogP contribution in [0.3, 0.4) is 0 Å². The predicted molar refractivity (Wildman–Crippen MR) is 79.2 cm³/mol. The second-order valence-electron chi connectivity index (χ2n) is 5.96. The minimum Gasteiger partial charge on any atom is -0.465 e. The van der Waals surface area contributed by atoms with Gasteiger partial charge >= 0.3 is 5.97 Å². The lowest BCUT2D eigenvalue weighted by atomic mass is 9.93. The quantitative estimate of drug-likeness (QED) is 0.862. The topological polar surface area (TPSA) is 47.6 Å². The summed E-state index contributed by atoms with van der Waals surface area (Å²) in [6.07, 6.45) is 1.93. The van der Waals surface area contributed by atoms with E-state index in [-0.39, 0.29) is 11.6 Å². The van der Waals surface area contributed by atoms with E-state index >= 15 is 0 Å². The van der Waals surface area contributed by atoms with Crippen LogP contribution in [-0.4, -0.2) is 31.3 Å². The number of anilines is 1. The molecule has 1 unspecified atom stereocenters. The van der Waals surface area contributed by atoms with Crippen molar-refractivity contribution in [3.8, 4) is 0 Å². The van der Waals surface area contributed by atoms with Crippen LogP contribution >= 0.6 is 0 Å². The first kappa shape index (κ1) is 14.9. The summed E-state index contributed by atoms with van der Waals surface area (Å²) in [5.41, 5.74) is 2.61. The maximum absolute atomic E-state index is 11.6. The van der Waals surface area contributed by atoms with Crippen molar-refractivity contribution in [1.29, 1.82) is 0 Å². The van der Waals surface area contributed by atoms with E-state index in [4.69, 9.17) is 9.47 Å². The molecule has 1 fully saturated rings. The second-order valence-corrected chi connectivity index (χ2v) is 5.96. The van der Waals surface area contributed by atoms with Crippen molar-refractivity contribution in [3.63, 3.8) is 0 Å². The largest absolute Gasteiger partial charge is 0.465 e. The molecule has 1 aliphatic heterocycles. The molecule has 20 heavy (non-hydrogen) atoms. The van der Waals surface area contributed by atoms with Gasteiger partial charge in [0, 0.05) is 18.3 Å². The van der Waals surface area contributed by atoms with Crippen LogP contribution in [0.2, 0.25) is 0 Å². The van der Waals surface area contributed by atoms with E-state index < -0.39 is 0 Å². The number of nitrogens with one attached hydrogen (secondary N) is 1. The Hall–Kier alpha value is -1.55. The molecule has 0 spiro atoms. The summed E-state index contributed by atoms with van der Waals surface area (Å²) in [7, 11) is 1.40. The van der Waals surface area contributed by atoms with E-state index in [2.05, 4.69) is 19.2 Å². The number of benzene rings is 1. The van der Waals surface area contributed by atoms with Crippen LogP contribution in [0.4, 0.5) is 5.69 Å². The average Bonchev–Trinajstić information content (AvgIpc) is 2.39. The molecule has 4 nitrogen and oxygen atoms in total. The van der Waals surface area contributed by atoms with Gasteiger partial charge in [-0.15, -0.1) is 0 Å². The number of hydrogen-bond acceptors (Lipinski definition) is 4. The summed E-state index contributed by atoms with van der Waals surface area (Å²) < 4.78 is 10.5. The Balaban J connectivity index is 2.14. The number of ether oxygens (including phenoxy) is 2. The first-order valence-electron chi connectivity index (χ1n) is 7.01. The maximum atomic E-state index is 11.6. The molecule has 1 aromatic rings. The van der Waals surface area contributed by atoms with Crippen LogP contribution in [0.5, 0.6) is 0 Å². The summed E-state index contributed by atoms with van der Waals surface area (Å²) >= 11 is 0. The molecule has 0 aromatic heterocycles. The number of rotatable bonds is 3. The molecule has 1 heterocycles. The lowest BCUT2D eigenvalue weighted by molar-refractivity contribution is -0.0553. The molecule has 0 amide bonds. The first-order valence-corrected chi connectivity index (χ1v) is 7.01. The van der Waals surface area contributed by atoms with Gasteiger partial charge in [0.15, 0.2) is 0 Å². The van der Waals surface area contributed by atoms with Crippen molar-refractivity contribution in [2.75, 3.05) is 19.0 Å². The first-order chi connectivity index (χ1) is 9.41.